The van der Waals surface area contributed by atoms with E-state index in [0.717, 1.165) is 5.56 Å². The van der Waals surface area contributed by atoms with Crippen molar-refractivity contribution in [3.05, 3.63) is 51.3 Å². The standard InChI is InChI=1S/C17H13BrClNO3/c1-2-22-15-8-10(7-12(18)17(15)21)3-6-16-20-13-9-11(19)4-5-14(13)23-16/h3-9,21H,2H2,1H3/b6-3+. The Hall–Kier alpha value is -1.98. The van der Waals surface area contributed by atoms with Gasteiger partial charge in [-0.3, -0.25) is 0 Å². The monoisotopic (exact) mass is 393 g/mol. The third-order valence-corrected chi connectivity index (χ3v) is 3.97. The highest BCUT2D eigenvalue weighted by atomic mass is 79.9. The van der Waals surface area contributed by atoms with Gasteiger partial charge in [0, 0.05) is 11.1 Å². The topological polar surface area (TPSA) is 55.5 Å². The van der Waals surface area contributed by atoms with Gasteiger partial charge in [0.05, 0.1) is 11.1 Å². The Morgan fingerprint density at radius 3 is 2.91 bits per heavy atom. The number of aromatic hydroxyl groups is 1. The smallest absolute Gasteiger partial charge is 0.220 e. The van der Waals surface area contributed by atoms with Crippen molar-refractivity contribution in [3.8, 4) is 11.5 Å². The predicted molar refractivity (Wildman–Crippen MR) is 94.9 cm³/mol. The SMILES string of the molecule is CCOc1cc(/C=C/c2nc3cc(Cl)ccc3o2)cc(Br)c1O. The van der Waals surface area contributed by atoms with Crippen LogP contribution in [0.15, 0.2) is 39.2 Å². The Morgan fingerprint density at radius 2 is 2.13 bits per heavy atom. The lowest BCUT2D eigenvalue weighted by Crippen LogP contribution is -1.92. The molecule has 0 atom stereocenters. The van der Waals surface area contributed by atoms with Crippen molar-refractivity contribution in [1.29, 1.82) is 0 Å². The molecule has 2 aromatic carbocycles. The molecular weight excluding hydrogens is 382 g/mol. The number of ether oxygens (including phenoxy) is 1. The van der Waals surface area contributed by atoms with Gasteiger partial charge in [0.25, 0.3) is 0 Å². The van der Waals surface area contributed by atoms with E-state index in [9.17, 15) is 5.11 Å². The molecule has 0 aliphatic carbocycles. The van der Waals surface area contributed by atoms with Crippen molar-refractivity contribution in [2.24, 2.45) is 0 Å². The number of nitrogens with zero attached hydrogens (tertiary/aromatic N) is 1. The van der Waals surface area contributed by atoms with Crippen LogP contribution in [-0.2, 0) is 0 Å². The first-order valence-electron chi connectivity index (χ1n) is 6.96. The molecule has 4 nitrogen and oxygen atoms in total. The van der Waals surface area contributed by atoms with Gasteiger partial charge in [-0.1, -0.05) is 11.6 Å². The second-order valence-electron chi connectivity index (χ2n) is 4.78. The van der Waals surface area contributed by atoms with Crippen molar-refractivity contribution in [3.63, 3.8) is 0 Å². The summed E-state index contributed by atoms with van der Waals surface area (Å²) in [6.07, 6.45) is 3.58. The van der Waals surface area contributed by atoms with E-state index >= 15 is 0 Å². The third kappa shape index (κ3) is 3.51. The van der Waals surface area contributed by atoms with E-state index in [1.165, 1.54) is 0 Å². The quantitative estimate of drug-likeness (QED) is 0.633. The first kappa shape index (κ1) is 15.9. The molecule has 1 aromatic heterocycles. The predicted octanol–water partition coefficient (Wildman–Crippen LogP) is 5.52. The number of fused-ring (bicyclic) bond motifs is 1. The highest BCUT2D eigenvalue weighted by Gasteiger charge is 2.08. The van der Waals surface area contributed by atoms with Gasteiger partial charge in [0.2, 0.25) is 5.89 Å². The largest absolute Gasteiger partial charge is 0.503 e. The number of phenolic OH excluding ortho intramolecular Hbond substituents is 1. The molecule has 3 aromatic rings. The molecule has 0 saturated heterocycles. The summed E-state index contributed by atoms with van der Waals surface area (Å²) < 4.78 is 11.6. The summed E-state index contributed by atoms with van der Waals surface area (Å²) >= 11 is 9.25. The van der Waals surface area contributed by atoms with Crippen LogP contribution in [0.5, 0.6) is 11.5 Å². The van der Waals surface area contributed by atoms with Crippen LogP contribution >= 0.6 is 27.5 Å². The Balaban J connectivity index is 1.91. The van der Waals surface area contributed by atoms with Gasteiger partial charge in [0.1, 0.15) is 5.52 Å². The highest BCUT2D eigenvalue weighted by molar-refractivity contribution is 9.10. The minimum atomic E-state index is 0.0838. The second-order valence-corrected chi connectivity index (χ2v) is 6.07. The fraction of sp³-hybridized carbons (Fsp3) is 0.118. The molecule has 0 spiro atoms. The first-order chi connectivity index (χ1) is 11.1. The zero-order valence-electron chi connectivity index (χ0n) is 12.2. The van der Waals surface area contributed by atoms with Crippen LogP contribution in [-0.4, -0.2) is 16.7 Å². The molecule has 1 heterocycles. The van der Waals surface area contributed by atoms with Gasteiger partial charge < -0.3 is 14.3 Å². The zero-order chi connectivity index (χ0) is 16.4. The molecule has 0 unspecified atom stereocenters. The summed E-state index contributed by atoms with van der Waals surface area (Å²) in [6, 6.07) is 8.83. The number of phenols is 1. The number of benzene rings is 2. The lowest BCUT2D eigenvalue weighted by molar-refractivity contribution is 0.317. The van der Waals surface area contributed by atoms with Crippen LogP contribution in [0.25, 0.3) is 23.3 Å². The molecule has 0 aliphatic rings. The van der Waals surface area contributed by atoms with Gasteiger partial charge >= 0.3 is 0 Å². The van der Waals surface area contributed by atoms with Crippen molar-refractivity contribution in [2.75, 3.05) is 6.61 Å². The van der Waals surface area contributed by atoms with Crippen LogP contribution in [0.3, 0.4) is 0 Å². The third-order valence-electron chi connectivity index (χ3n) is 3.14. The second kappa shape index (κ2) is 6.64. The van der Waals surface area contributed by atoms with Crippen molar-refractivity contribution < 1.29 is 14.3 Å². The van der Waals surface area contributed by atoms with Crippen LogP contribution < -0.4 is 4.74 Å². The molecule has 6 heteroatoms. The highest BCUT2D eigenvalue weighted by Crippen LogP contribution is 2.36. The van der Waals surface area contributed by atoms with E-state index < -0.39 is 0 Å². The normalized spacial score (nSPS) is 11.4. The molecule has 1 N–H and O–H groups in total. The maximum atomic E-state index is 9.92. The number of rotatable bonds is 4. The number of oxazole rings is 1. The number of aromatic nitrogens is 1. The molecule has 3 rings (SSSR count). The maximum absolute atomic E-state index is 9.92. The zero-order valence-corrected chi connectivity index (χ0v) is 14.6. The summed E-state index contributed by atoms with van der Waals surface area (Å²) in [5.74, 6) is 0.982. The van der Waals surface area contributed by atoms with Crippen LogP contribution in [0.1, 0.15) is 18.4 Å². The average molecular weight is 395 g/mol. The summed E-state index contributed by atoms with van der Waals surface area (Å²) in [4.78, 5) is 4.36. The molecule has 0 saturated carbocycles. The Kier molecular flexibility index (Phi) is 4.59. The van der Waals surface area contributed by atoms with Gasteiger partial charge in [-0.25, -0.2) is 4.98 Å². The molecular formula is C17H13BrClNO3. The van der Waals surface area contributed by atoms with E-state index in [-0.39, 0.29) is 5.75 Å². The Bertz CT molecular complexity index is 889. The fourth-order valence-electron chi connectivity index (χ4n) is 2.11. The van der Waals surface area contributed by atoms with Gasteiger partial charge in [-0.2, -0.15) is 0 Å². The summed E-state index contributed by atoms with van der Waals surface area (Å²) in [5, 5.41) is 10.5. The lowest BCUT2D eigenvalue weighted by Gasteiger charge is -2.08. The van der Waals surface area contributed by atoms with E-state index in [1.54, 1.807) is 36.4 Å². The maximum Gasteiger partial charge on any atom is 0.220 e. The molecule has 0 bridgehead atoms. The van der Waals surface area contributed by atoms with E-state index in [0.29, 0.717) is 38.8 Å². The van der Waals surface area contributed by atoms with Crippen LogP contribution in [0.4, 0.5) is 0 Å². The molecule has 23 heavy (non-hydrogen) atoms. The summed E-state index contributed by atoms with van der Waals surface area (Å²) in [6.45, 7) is 2.33. The Labute approximate surface area is 146 Å². The number of hydrogen-bond donors (Lipinski definition) is 1. The van der Waals surface area contributed by atoms with Gasteiger partial charge in [-0.15, -0.1) is 0 Å². The van der Waals surface area contributed by atoms with Crippen LogP contribution in [0, 0.1) is 0 Å². The molecule has 0 aliphatic heterocycles. The molecule has 0 radical (unpaired) electrons. The average Bonchev–Trinajstić information content (AvgIpc) is 2.92. The Morgan fingerprint density at radius 1 is 1.30 bits per heavy atom. The van der Waals surface area contributed by atoms with Crippen LogP contribution in [0.2, 0.25) is 5.02 Å². The first-order valence-corrected chi connectivity index (χ1v) is 8.13. The molecule has 118 valence electrons. The molecule has 0 amide bonds. The summed E-state index contributed by atoms with van der Waals surface area (Å²) in [5.41, 5.74) is 2.23. The number of hydrogen-bond acceptors (Lipinski definition) is 4. The summed E-state index contributed by atoms with van der Waals surface area (Å²) in [7, 11) is 0. The molecule has 0 fully saturated rings. The van der Waals surface area contributed by atoms with Crippen molar-refractivity contribution in [1.82, 2.24) is 4.98 Å². The minimum Gasteiger partial charge on any atom is -0.503 e. The van der Waals surface area contributed by atoms with Crippen molar-refractivity contribution in [2.45, 2.75) is 6.92 Å². The number of halogens is 2. The minimum absolute atomic E-state index is 0.0838. The van der Waals surface area contributed by atoms with E-state index in [4.69, 9.17) is 20.8 Å². The van der Waals surface area contributed by atoms with Gasteiger partial charge in [-0.05, 0) is 64.8 Å². The van der Waals surface area contributed by atoms with Crippen molar-refractivity contribution >= 4 is 50.8 Å². The van der Waals surface area contributed by atoms with E-state index in [2.05, 4.69) is 20.9 Å². The van der Waals surface area contributed by atoms with E-state index in [1.807, 2.05) is 13.0 Å². The fourth-order valence-corrected chi connectivity index (χ4v) is 2.74. The lowest BCUT2D eigenvalue weighted by atomic mass is 10.2. The van der Waals surface area contributed by atoms with Gasteiger partial charge in [0.15, 0.2) is 17.1 Å².